The molecule has 0 N–H and O–H groups in total. The Labute approximate surface area is 167 Å². The Balaban J connectivity index is 1.83. The number of hydrogen-bond acceptors (Lipinski definition) is 5. The molecule has 0 radical (unpaired) electrons. The van der Waals surface area contributed by atoms with Gasteiger partial charge in [-0.15, -0.1) is 0 Å². The molecule has 0 amide bonds. The first-order valence-electron chi connectivity index (χ1n) is 9.53. The zero-order valence-electron chi connectivity index (χ0n) is 17.7. The molecule has 0 unspecified atom stereocenters. The lowest BCUT2D eigenvalue weighted by Crippen LogP contribution is -2.41. The van der Waals surface area contributed by atoms with E-state index in [4.69, 9.17) is 14.0 Å². The highest BCUT2D eigenvalue weighted by Gasteiger charge is 2.51. The Bertz CT molecular complexity index is 912. The van der Waals surface area contributed by atoms with Crippen LogP contribution >= 0.6 is 0 Å². The minimum Gasteiger partial charge on any atom is -0.457 e. The third-order valence-electron chi connectivity index (χ3n) is 5.07. The zero-order chi connectivity index (χ0) is 20.7. The van der Waals surface area contributed by atoms with E-state index in [0.717, 1.165) is 21.9 Å². The van der Waals surface area contributed by atoms with Gasteiger partial charge in [0, 0.05) is 17.7 Å². The predicted molar refractivity (Wildman–Crippen MR) is 112 cm³/mol. The summed E-state index contributed by atoms with van der Waals surface area (Å²) in [6.07, 6.45) is 4.87. The summed E-state index contributed by atoms with van der Waals surface area (Å²) in [6.45, 7) is 13.7. The van der Waals surface area contributed by atoms with Gasteiger partial charge in [-0.05, 0) is 77.7 Å². The van der Waals surface area contributed by atoms with Gasteiger partial charge in [-0.25, -0.2) is 4.79 Å². The van der Waals surface area contributed by atoms with Gasteiger partial charge in [0.1, 0.15) is 5.60 Å². The van der Waals surface area contributed by atoms with Crippen molar-refractivity contribution >= 4 is 35.5 Å². The maximum Gasteiger partial charge on any atom is 0.494 e. The third-order valence-corrected chi connectivity index (χ3v) is 5.07. The molecule has 28 heavy (non-hydrogen) atoms. The van der Waals surface area contributed by atoms with Crippen molar-refractivity contribution in [2.75, 3.05) is 0 Å². The molecule has 0 saturated carbocycles. The number of nitrogens with zero attached hydrogens (tertiary/aromatic N) is 1. The van der Waals surface area contributed by atoms with Gasteiger partial charge in [-0.2, -0.15) is 0 Å². The van der Waals surface area contributed by atoms with Crippen LogP contribution in [0.5, 0.6) is 0 Å². The second-order valence-electron chi connectivity index (χ2n) is 9.18. The number of rotatable bonds is 3. The molecule has 0 bridgehead atoms. The molecule has 1 aromatic carbocycles. The topological polar surface area (TPSA) is 57.7 Å². The van der Waals surface area contributed by atoms with Crippen LogP contribution in [-0.2, 0) is 18.8 Å². The number of aromatic nitrogens is 1. The highest BCUT2D eigenvalue weighted by atomic mass is 16.7. The number of benzene rings is 1. The Morgan fingerprint density at radius 3 is 2.36 bits per heavy atom. The van der Waals surface area contributed by atoms with Gasteiger partial charge in [-0.1, -0.05) is 12.1 Å². The minimum atomic E-state index is -0.513. The normalized spacial score (nSPS) is 18.8. The fourth-order valence-electron chi connectivity index (χ4n) is 2.88. The van der Waals surface area contributed by atoms with Crippen molar-refractivity contribution in [1.29, 1.82) is 0 Å². The SMILES string of the molecule is CC(C)(C)OC(=O)/C=C/c1cnc2ccc(B3OC(C)(C)C(C)(C)O3)cc2c1. The number of esters is 1. The van der Waals surface area contributed by atoms with E-state index in [2.05, 4.69) is 4.98 Å². The van der Waals surface area contributed by atoms with Crippen LogP contribution in [0.2, 0.25) is 0 Å². The number of pyridine rings is 1. The van der Waals surface area contributed by atoms with Crippen LogP contribution in [0.15, 0.2) is 36.5 Å². The van der Waals surface area contributed by atoms with Gasteiger partial charge in [0.05, 0.1) is 16.7 Å². The van der Waals surface area contributed by atoms with E-state index < -0.39 is 12.7 Å². The van der Waals surface area contributed by atoms with E-state index in [1.54, 1.807) is 12.3 Å². The van der Waals surface area contributed by atoms with Crippen LogP contribution in [0.1, 0.15) is 54.0 Å². The lowest BCUT2D eigenvalue weighted by molar-refractivity contribution is -0.148. The van der Waals surface area contributed by atoms with Crippen molar-refractivity contribution < 1.29 is 18.8 Å². The molecule has 1 aliphatic rings. The fourth-order valence-corrected chi connectivity index (χ4v) is 2.88. The van der Waals surface area contributed by atoms with Gasteiger partial charge in [0.15, 0.2) is 0 Å². The van der Waals surface area contributed by atoms with Gasteiger partial charge in [0.2, 0.25) is 0 Å². The molecule has 1 fully saturated rings. The van der Waals surface area contributed by atoms with Crippen molar-refractivity contribution in [1.82, 2.24) is 4.98 Å². The molecule has 5 nitrogen and oxygen atoms in total. The van der Waals surface area contributed by atoms with Crippen LogP contribution in [0.3, 0.4) is 0 Å². The van der Waals surface area contributed by atoms with E-state index in [-0.39, 0.29) is 17.2 Å². The Morgan fingerprint density at radius 2 is 1.75 bits per heavy atom. The Kier molecular flexibility index (Phi) is 5.15. The number of ether oxygens (including phenoxy) is 1. The van der Waals surface area contributed by atoms with E-state index >= 15 is 0 Å². The molecule has 0 atom stereocenters. The summed E-state index contributed by atoms with van der Waals surface area (Å²) in [5, 5.41) is 0.957. The number of carbonyl (C=O) groups excluding carboxylic acids is 1. The summed E-state index contributed by atoms with van der Waals surface area (Å²) in [7, 11) is -0.421. The summed E-state index contributed by atoms with van der Waals surface area (Å²) in [4.78, 5) is 16.4. The van der Waals surface area contributed by atoms with E-state index in [0.29, 0.717) is 0 Å². The van der Waals surface area contributed by atoms with Crippen LogP contribution in [0.25, 0.3) is 17.0 Å². The molecular formula is C22H28BNO4. The first kappa shape index (κ1) is 20.6. The minimum absolute atomic E-state index is 0.376. The molecule has 1 aromatic heterocycles. The number of carbonyl (C=O) groups is 1. The van der Waals surface area contributed by atoms with Crippen molar-refractivity contribution in [2.24, 2.45) is 0 Å². The van der Waals surface area contributed by atoms with E-state index in [1.807, 2.05) is 72.7 Å². The zero-order valence-corrected chi connectivity index (χ0v) is 17.7. The van der Waals surface area contributed by atoms with Gasteiger partial charge in [0.25, 0.3) is 0 Å². The molecule has 148 valence electrons. The molecule has 2 heterocycles. The molecule has 1 aliphatic heterocycles. The molecular weight excluding hydrogens is 353 g/mol. The molecule has 6 heteroatoms. The lowest BCUT2D eigenvalue weighted by Gasteiger charge is -2.32. The van der Waals surface area contributed by atoms with E-state index in [1.165, 1.54) is 6.08 Å². The summed E-state index contributed by atoms with van der Waals surface area (Å²) in [5.74, 6) is -0.376. The van der Waals surface area contributed by atoms with Gasteiger partial charge in [-0.3, -0.25) is 4.98 Å². The van der Waals surface area contributed by atoms with Crippen LogP contribution in [0.4, 0.5) is 0 Å². The van der Waals surface area contributed by atoms with Crippen LogP contribution < -0.4 is 5.46 Å². The molecule has 0 aliphatic carbocycles. The Morgan fingerprint density at radius 1 is 1.11 bits per heavy atom. The molecule has 2 aromatic rings. The van der Waals surface area contributed by atoms with E-state index in [9.17, 15) is 4.79 Å². The third kappa shape index (κ3) is 4.45. The van der Waals surface area contributed by atoms with Gasteiger partial charge >= 0.3 is 13.1 Å². The fraction of sp³-hybridized carbons (Fsp3) is 0.455. The average molecular weight is 381 g/mol. The van der Waals surface area contributed by atoms with Gasteiger partial charge < -0.3 is 14.0 Å². The maximum absolute atomic E-state index is 11.9. The number of hydrogen-bond donors (Lipinski definition) is 0. The van der Waals surface area contributed by atoms with Crippen molar-refractivity contribution in [3.8, 4) is 0 Å². The Hall–Kier alpha value is -2.18. The highest BCUT2D eigenvalue weighted by molar-refractivity contribution is 6.62. The van der Waals surface area contributed by atoms with Crippen LogP contribution in [-0.4, -0.2) is 34.9 Å². The predicted octanol–water partition coefficient (Wildman–Crippen LogP) is 3.89. The number of fused-ring (bicyclic) bond motifs is 1. The second kappa shape index (κ2) is 7.01. The van der Waals surface area contributed by atoms with Crippen molar-refractivity contribution in [3.63, 3.8) is 0 Å². The standard InChI is InChI=1S/C22H28BNO4/c1-20(2,3)26-19(25)11-8-15-12-16-13-17(9-10-18(16)24-14-15)23-27-21(4,5)22(6,7)28-23/h8-14H,1-7H3/b11-8+. The first-order valence-corrected chi connectivity index (χ1v) is 9.53. The monoisotopic (exact) mass is 381 g/mol. The second-order valence-corrected chi connectivity index (χ2v) is 9.18. The summed E-state index contributed by atoms with van der Waals surface area (Å²) in [6, 6.07) is 7.94. The largest absolute Gasteiger partial charge is 0.494 e. The quantitative estimate of drug-likeness (QED) is 0.459. The smallest absolute Gasteiger partial charge is 0.457 e. The van der Waals surface area contributed by atoms with Crippen LogP contribution in [0, 0.1) is 0 Å². The maximum atomic E-state index is 11.9. The summed E-state index contributed by atoms with van der Waals surface area (Å²) < 4.78 is 17.6. The average Bonchev–Trinajstić information content (AvgIpc) is 2.78. The van der Waals surface area contributed by atoms with Crippen molar-refractivity contribution in [2.45, 2.75) is 65.3 Å². The first-order chi connectivity index (χ1) is 12.9. The molecule has 3 rings (SSSR count). The summed E-state index contributed by atoms with van der Waals surface area (Å²) >= 11 is 0. The summed E-state index contributed by atoms with van der Waals surface area (Å²) in [5.41, 5.74) is 1.35. The highest BCUT2D eigenvalue weighted by Crippen LogP contribution is 2.36. The lowest BCUT2D eigenvalue weighted by atomic mass is 9.78. The van der Waals surface area contributed by atoms with Crippen molar-refractivity contribution in [3.05, 3.63) is 42.1 Å². The molecule has 1 saturated heterocycles. The molecule has 0 spiro atoms.